The monoisotopic (exact) mass is 422 g/mol. The predicted molar refractivity (Wildman–Crippen MR) is 109 cm³/mol. The van der Waals surface area contributed by atoms with Crippen LogP contribution in [0.2, 0.25) is 0 Å². The molecule has 0 radical (unpaired) electrons. The third-order valence-electron chi connectivity index (χ3n) is 5.12. The van der Waals surface area contributed by atoms with E-state index in [2.05, 4.69) is 16.3 Å². The minimum absolute atomic E-state index is 0.0611. The fraction of sp³-hybridized carbons (Fsp3) is 0.182. The van der Waals surface area contributed by atoms with E-state index in [-0.39, 0.29) is 23.2 Å². The second kappa shape index (κ2) is 7.91. The van der Waals surface area contributed by atoms with Crippen LogP contribution in [-0.4, -0.2) is 31.5 Å². The van der Waals surface area contributed by atoms with E-state index in [4.69, 9.17) is 24.7 Å². The number of halogens is 1. The second-order valence-electron chi connectivity index (χ2n) is 6.67. The first kappa shape index (κ1) is 20.1. The number of benzene rings is 2. The Labute approximate surface area is 177 Å². The molecule has 0 spiro atoms. The number of fused-ring (bicyclic) bond motifs is 1. The zero-order valence-corrected chi connectivity index (χ0v) is 17.0. The van der Waals surface area contributed by atoms with Crippen LogP contribution in [0.25, 0.3) is 11.3 Å². The molecule has 0 bridgehead atoms. The number of allylic oxidation sites excluding steroid dienone is 1. The maximum atomic E-state index is 13.5. The van der Waals surface area contributed by atoms with E-state index in [1.165, 1.54) is 33.5 Å². The molecule has 3 aromatic rings. The number of H-pyrrole nitrogens is 1. The van der Waals surface area contributed by atoms with Gasteiger partial charge in [-0.05, 0) is 30.3 Å². The number of hydrogen-bond acceptors (Lipinski definition) is 7. The van der Waals surface area contributed by atoms with Crippen molar-refractivity contribution in [1.29, 1.82) is 5.26 Å². The quantitative estimate of drug-likeness (QED) is 0.647. The lowest BCUT2D eigenvalue weighted by atomic mass is 9.82. The molecule has 1 aromatic heterocycles. The molecule has 0 saturated carbocycles. The zero-order chi connectivity index (χ0) is 22.1. The van der Waals surface area contributed by atoms with Crippen molar-refractivity contribution in [2.75, 3.05) is 21.3 Å². The van der Waals surface area contributed by atoms with Crippen LogP contribution >= 0.6 is 0 Å². The third kappa shape index (κ3) is 3.18. The lowest BCUT2D eigenvalue weighted by molar-refractivity contribution is 0.321. The van der Waals surface area contributed by atoms with Gasteiger partial charge in [0.25, 0.3) is 0 Å². The Balaban J connectivity index is 2.00. The number of aromatic nitrogens is 2. The van der Waals surface area contributed by atoms with Gasteiger partial charge in [-0.15, -0.1) is 5.10 Å². The highest BCUT2D eigenvalue weighted by atomic mass is 19.1. The molecular formula is C22H19FN4O4. The normalized spacial score (nSPS) is 15.0. The Kier molecular flexibility index (Phi) is 5.13. The summed E-state index contributed by atoms with van der Waals surface area (Å²) in [6, 6.07) is 11.5. The molecule has 1 aliphatic rings. The second-order valence-corrected chi connectivity index (χ2v) is 6.67. The topological polar surface area (TPSA) is 115 Å². The van der Waals surface area contributed by atoms with Gasteiger partial charge in [0.05, 0.1) is 38.5 Å². The van der Waals surface area contributed by atoms with Crippen LogP contribution in [0, 0.1) is 17.1 Å². The lowest BCUT2D eigenvalue weighted by Crippen LogP contribution is -2.21. The summed E-state index contributed by atoms with van der Waals surface area (Å²) < 4.78 is 35.6. The van der Waals surface area contributed by atoms with Gasteiger partial charge in [0.1, 0.15) is 17.5 Å². The maximum absolute atomic E-state index is 13.5. The fourth-order valence-electron chi connectivity index (χ4n) is 3.74. The lowest BCUT2D eigenvalue weighted by Gasteiger charge is -2.26. The van der Waals surface area contributed by atoms with Crippen LogP contribution in [0.5, 0.6) is 23.1 Å². The Morgan fingerprint density at radius 2 is 1.77 bits per heavy atom. The van der Waals surface area contributed by atoms with Gasteiger partial charge in [0.2, 0.25) is 17.5 Å². The molecule has 31 heavy (non-hydrogen) atoms. The van der Waals surface area contributed by atoms with E-state index < -0.39 is 5.92 Å². The molecule has 0 fully saturated rings. The average Bonchev–Trinajstić information content (AvgIpc) is 3.20. The summed E-state index contributed by atoms with van der Waals surface area (Å²) >= 11 is 0. The highest BCUT2D eigenvalue weighted by molar-refractivity contribution is 5.72. The van der Waals surface area contributed by atoms with Crippen LogP contribution in [0.3, 0.4) is 0 Å². The highest BCUT2D eigenvalue weighted by Crippen LogP contribution is 2.51. The highest BCUT2D eigenvalue weighted by Gasteiger charge is 2.38. The Morgan fingerprint density at radius 1 is 1.06 bits per heavy atom. The molecule has 3 N–H and O–H groups in total. The first-order chi connectivity index (χ1) is 15.0. The van der Waals surface area contributed by atoms with E-state index in [0.717, 1.165) is 0 Å². The van der Waals surface area contributed by atoms with Crippen molar-refractivity contribution in [3.05, 3.63) is 64.8 Å². The molecule has 158 valence electrons. The van der Waals surface area contributed by atoms with Gasteiger partial charge in [0, 0.05) is 11.1 Å². The van der Waals surface area contributed by atoms with Gasteiger partial charge in [-0.25, -0.2) is 4.39 Å². The van der Waals surface area contributed by atoms with E-state index in [0.29, 0.717) is 39.6 Å². The van der Waals surface area contributed by atoms with Crippen LogP contribution in [-0.2, 0) is 0 Å². The summed E-state index contributed by atoms with van der Waals surface area (Å²) in [5, 5.41) is 17.0. The molecule has 0 aliphatic carbocycles. The number of rotatable bonds is 5. The smallest absolute Gasteiger partial charge is 0.244 e. The number of nitrogens with zero attached hydrogens (tertiary/aromatic N) is 2. The molecule has 8 nitrogen and oxygen atoms in total. The fourth-order valence-corrected chi connectivity index (χ4v) is 3.74. The molecule has 1 aliphatic heterocycles. The van der Waals surface area contributed by atoms with Crippen molar-refractivity contribution < 1.29 is 23.3 Å². The Morgan fingerprint density at radius 3 is 2.39 bits per heavy atom. The van der Waals surface area contributed by atoms with Crippen molar-refractivity contribution in [3.8, 4) is 40.5 Å². The molecule has 1 atom stereocenters. The van der Waals surface area contributed by atoms with Crippen molar-refractivity contribution in [3.63, 3.8) is 0 Å². The molecule has 0 saturated heterocycles. The van der Waals surface area contributed by atoms with Gasteiger partial charge >= 0.3 is 0 Å². The standard InChI is InChI=1S/C22H19FN4O4/c1-28-15-9-8-13(19(29-2)20(15)30-3)16-14(10-24)21(25)31-22-17(16)18(26-27-22)11-4-6-12(23)7-5-11/h4-9,16H,25H2,1-3H3,(H,26,27)/t16-/m0/s1. The SMILES string of the molecule is COc1ccc([C@H]2C(C#N)=C(N)Oc3n[nH]c(-c4ccc(F)cc4)c32)c(OC)c1OC. The summed E-state index contributed by atoms with van der Waals surface area (Å²) in [6.07, 6.45) is 0. The minimum Gasteiger partial charge on any atom is -0.493 e. The largest absolute Gasteiger partial charge is 0.493 e. The Bertz CT molecular complexity index is 1210. The van der Waals surface area contributed by atoms with E-state index in [9.17, 15) is 9.65 Å². The third-order valence-corrected chi connectivity index (χ3v) is 5.12. The first-order valence-electron chi connectivity index (χ1n) is 9.24. The summed E-state index contributed by atoms with van der Waals surface area (Å²) in [5.41, 5.74) is 8.65. The Hall–Kier alpha value is -4.19. The van der Waals surface area contributed by atoms with Crippen molar-refractivity contribution in [2.45, 2.75) is 5.92 Å². The summed E-state index contributed by atoms with van der Waals surface area (Å²) in [6.45, 7) is 0. The average molecular weight is 422 g/mol. The number of nitriles is 1. The number of nitrogens with one attached hydrogen (secondary N) is 1. The molecule has 2 aromatic carbocycles. The molecule has 0 unspecified atom stereocenters. The van der Waals surface area contributed by atoms with Crippen LogP contribution < -0.4 is 24.7 Å². The van der Waals surface area contributed by atoms with Crippen LogP contribution in [0.4, 0.5) is 4.39 Å². The maximum Gasteiger partial charge on any atom is 0.244 e. The first-order valence-corrected chi connectivity index (χ1v) is 9.24. The van der Waals surface area contributed by atoms with Crippen LogP contribution in [0.1, 0.15) is 17.0 Å². The molecule has 2 heterocycles. The number of methoxy groups -OCH3 is 3. The zero-order valence-electron chi connectivity index (χ0n) is 17.0. The molecule has 4 rings (SSSR count). The van der Waals surface area contributed by atoms with Crippen molar-refractivity contribution in [2.24, 2.45) is 5.73 Å². The van der Waals surface area contributed by atoms with E-state index in [1.807, 2.05) is 0 Å². The van der Waals surface area contributed by atoms with Crippen LogP contribution in [0.15, 0.2) is 47.9 Å². The molecule has 0 amide bonds. The summed E-state index contributed by atoms with van der Waals surface area (Å²) in [7, 11) is 4.51. The van der Waals surface area contributed by atoms with E-state index in [1.54, 1.807) is 24.3 Å². The molecular weight excluding hydrogens is 403 g/mol. The summed E-state index contributed by atoms with van der Waals surface area (Å²) in [4.78, 5) is 0. The van der Waals surface area contributed by atoms with Crippen molar-refractivity contribution in [1.82, 2.24) is 10.2 Å². The van der Waals surface area contributed by atoms with Crippen molar-refractivity contribution >= 4 is 0 Å². The number of nitrogens with two attached hydrogens (primary N) is 1. The minimum atomic E-state index is -0.678. The summed E-state index contributed by atoms with van der Waals surface area (Å²) in [5.74, 6) is 0.337. The van der Waals surface area contributed by atoms with Gasteiger partial charge in [0.15, 0.2) is 11.5 Å². The van der Waals surface area contributed by atoms with Gasteiger partial charge in [-0.3, -0.25) is 5.10 Å². The van der Waals surface area contributed by atoms with E-state index >= 15 is 0 Å². The number of ether oxygens (including phenoxy) is 4. The van der Waals surface area contributed by atoms with Gasteiger partial charge < -0.3 is 24.7 Å². The van der Waals surface area contributed by atoms with Gasteiger partial charge in [-0.1, -0.05) is 6.07 Å². The molecule has 9 heteroatoms. The number of aromatic amines is 1. The predicted octanol–water partition coefficient (Wildman–Crippen LogP) is 3.46. The van der Waals surface area contributed by atoms with Gasteiger partial charge in [-0.2, -0.15) is 5.26 Å². The number of hydrogen-bond donors (Lipinski definition) is 2.